The van der Waals surface area contributed by atoms with Crippen molar-refractivity contribution < 1.29 is 14.3 Å². The molecule has 3 N–H and O–H groups in total. The molecule has 5 nitrogen and oxygen atoms in total. The van der Waals surface area contributed by atoms with Gasteiger partial charge < -0.3 is 10.5 Å². The van der Waals surface area contributed by atoms with E-state index >= 15 is 0 Å². The van der Waals surface area contributed by atoms with Gasteiger partial charge in [-0.05, 0) is 5.56 Å². The van der Waals surface area contributed by atoms with Crippen LogP contribution in [0.5, 0.6) is 0 Å². The maximum Gasteiger partial charge on any atom is 0.323 e. The average Bonchev–Trinajstić information content (AvgIpc) is 2.34. The molecule has 0 fully saturated rings. The molecular weight excluding hydrogens is 220 g/mol. The number of primary amides is 1. The minimum Gasteiger partial charge on any atom is -0.468 e. The van der Waals surface area contributed by atoms with Crippen LogP contribution in [0.1, 0.15) is 12.0 Å². The van der Waals surface area contributed by atoms with Gasteiger partial charge in [-0.25, -0.2) is 0 Å². The van der Waals surface area contributed by atoms with Crippen molar-refractivity contribution in [2.24, 2.45) is 5.73 Å². The maximum atomic E-state index is 11.4. The Morgan fingerprint density at radius 2 is 2.00 bits per heavy atom. The second kappa shape index (κ2) is 6.65. The summed E-state index contributed by atoms with van der Waals surface area (Å²) in [5.41, 5.74) is 6.09. The minimum absolute atomic E-state index is 0.0699. The minimum atomic E-state index is -0.697. The monoisotopic (exact) mass is 236 g/mol. The number of carbonyl (C=O) groups is 2. The van der Waals surface area contributed by atoms with Crippen molar-refractivity contribution in [2.75, 3.05) is 7.11 Å². The van der Waals surface area contributed by atoms with Crippen LogP contribution in [-0.2, 0) is 20.9 Å². The Balaban J connectivity index is 2.55. The lowest BCUT2D eigenvalue weighted by atomic mass is 10.1. The predicted molar refractivity (Wildman–Crippen MR) is 62.9 cm³/mol. The van der Waals surface area contributed by atoms with Crippen LogP contribution in [0.25, 0.3) is 0 Å². The molecule has 1 rings (SSSR count). The molecule has 5 heteroatoms. The van der Waals surface area contributed by atoms with E-state index in [9.17, 15) is 9.59 Å². The van der Waals surface area contributed by atoms with E-state index in [4.69, 9.17) is 5.73 Å². The van der Waals surface area contributed by atoms with Gasteiger partial charge in [-0.15, -0.1) is 0 Å². The van der Waals surface area contributed by atoms with Gasteiger partial charge in [0.15, 0.2) is 0 Å². The summed E-state index contributed by atoms with van der Waals surface area (Å²) in [4.78, 5) is 22.2. The smallest absolute Gasteiger partial charge is 0.323 e. The molecule has 1 aromatic carbocycles. The lowest BCUT2D eigenvalue weighted by Gasteiger charge is -2.14. The van der Waals surface area contributed by atoms with Crippen molar-refractivity contribution >= 4 is 11.9 Å². The molecule has 0 aromatic heterocycles. The standard InChI is InChI=1S/C12H16N2O3/c1-17-12(16)10(7-11(13)15)14-8-9-5-3-2-4-6-9/h2-6,10,14H,7-8H2,1H3,(H2,13,15)/t10-/m0/s1. The van der Waals surface area contributed by atoms with Crippen LogP contribution in [-0.4, -0.2) is 25.0 Å². The highest BCUT2D eigenvalue weighted by atomic mass is 16.5. The molecule has 0 spiro atoms. The molecule has 17 heavy (non-hydrogen) atoms. The van der Waals surface area contributed by atoms with Crippen LogP contribution in [0.3, 0.4) is 0 Å². The summed E-state index contributed by atoms with van der Waals surface area (Å²) < 4.78 is 4.59. The molecule has 1 aromatic rings. The summed E-state index contributed by atoms with van der Waals surface area (Å²) in [6.45, 7) is 0.480. The van der Waals surface area contributed by atoms with Crippen LogP contribution in [0.15, 0.2) is 30.3 Å². The Hall–Kier alpha value is -1.88. The number of methoxy groups -OCH3 is 1. The van der Waals surface area contributed by atoms with E-state index in [0.717, 1.165) is 5.56 Å². The van der Waals surface area contributed by atoms with Gasteiger partial charge in [0.1, 0.15) is 6.04 Å². The van der Waals surface area contributed by atoms with E-state index < -0.39 is 17.9 Å². The summed E-state index contributed by atoms with van der Waals surface area (Å²) in [6.07, 6.45) is -0.0699. The fraction of sp³-hybridized carbons (Fsp3) is 0.333. The number of nitrogens with two attached hydrogens (primary N) is 1. The lowest BCUT2D eigenvalue weighted by Crippen LogP contribution is -2.40. The first kappa shape index (κ1) is 13.2. The SMILES string of the molecule is COC(=O)[C@H](CC(N)=O)NCc1ccccc1. The Labute approximate surface area is 99.9 Å². The average molecular weight is 236 g/mol. The number of hydrogen-bond acceptors (Lipinski definition) is 4. The fourth-order valence-electron chi connectivity index (χ4n) is 1.42. The topological polar surface area (TPSA) is 81.4 Å². The molecule has 0 radical (unpaired) electrons. The van der Waals surface area contributed by atoms with Crippen molar-refractivity contribution in [1.82, 2.24) is 5.32 Å². The zero-order chi connectivity index (χ0) is 12.7. The van der Waals surface area contributed by atoms with Crippen LogP contribution < -0.4 is 11.1 Å². The number of carbonyl (C=O) groups excluding carboxylic acids is 2. The van der Waals surface area contributed by atoms with Gasteiger partial charge in [0.05, 0.1) is 13.5 Å². The first-order chi connectivity index (χ1) is 8.13. The van der Waals surface area contributed by atoms with Crippen molar-refractivity contribution in [1.29, 1.82) is 0 Å². The van der Waals surface area contributed by atoms with Crippen molar-refractivity contribution in [3.05, 3.63) is 35.9 Å². The van der Waals surface area contributed by atoms with Gasteiger partial charge in [0.25, 0.3) is 0 Å². The molecular formula is C12H16N2O3. The normalized spacial score (nSPS) is 11.8. The quantitative estimate of drug-likeness (QED) is 0.691. The number of ether oxygens (including phenoxy) is 1. The third kappa shape index (κ3) is 4.65. The highest BCUT2D eigenvalue weighted by Crippen LogP contribution is 2.01. The van der Waals surface area contributed by atoms with Gasteiger partial charge >= 0.3 is 5.97 Å². The van der Waals surface area contributed by atoms with Crippen LogP contribution in [0.2, 0.25) is 0 Å². The lowest BCUT2D eigenvalue weighted by molar-refractivity contribution is -0.144. The number of rotatable bonds is 6. The summed E-state index contributed by atoms with van der Waals surface area (Å²) in [5, 5.41) is 2.94. The molecule has 0 aliphatic rings. The van der Waals surface area contributed by atoms with E-state index in [2.05, 4.69) is 10.1 Å². The third-order valence-corrected chi connectivity index (χ3v) is 2.29. The Bertz CT molecular complexity index is 379. The zero-order valence-electron chi connectivity index (χ0n) is 9.68. The Kier molecular flexibility index (Phi) is 5.16. The summed E-state index contributed by atoms with van der Waals surface area (Å²) >= 11 is 0. The van der Waals surface area contributed by atoms with E-state index in [1.807, 2.05) is 30.3 Å². The van der Waals surface area contributed by atoms with Gasteiger partial charge in [-0.3, -0.25) is 14.9 Å². The van der Waals surface area contributed by atoms with Gasteiger partial charge in [0.2, 0.25) is 5.91 Å². The van der Waals surface area contributed by atoms with E-state index in [1.165, 1.54) is 7.11 Å². The second-order valence-electron chi connectivity index (χ2n) is 3.61. The first-order valence-corrected chi connectivity index (χ1v) is 5.27. The molecule has 0 saturated carbocycles. The van der Waals surface area contributed by atoms with Gasteiger partial charge in [-0.2, -0.15) is 0 Å². The van der Waals surface area contributed by atoms with Gasteiger partial charge in [0, 0.05) is 6.54 Å². The fourth-order valence-corrected chi connectivity index (χ4v) is 1.42. The molecule has 0 aliphatic carbocycles. The molecule has 1 amide bonds. The third-order valence-electron chi connectivity index (χ3n) is 2.29. The maximum absolute atomic E-state index is 11.4. The molecule has 0 aliphatic heterocycles. The molecule has 0 bridgehead atoms. The van der Waals surface area contributed by atoms with E-state index in [0.29, 0.717) is 6.54 Å². The molecule has 0 heterocycles. The highest BCUT2D eigenvalue weighted by molar-refractivity contribution is 5.84. The number of amides is 1. The van der Waals surface area contributed by atoms with E-state index in [-0.39, 0.29) is 6.42 Å². The van der Waals surface area contributed by atoms with E-state index in [1.54, 1.807) is 0 Å². The summed E-state index contributed by atoms with van der Waals surface area (Å²) in [5.74, 6) is -1.03. The molecule has 0 saturated heterocycles. The van der Waals surface area contributed by atoms with Crippen molar-refractivity contribution in [3.63, 3.8) is 0 Å². The highest BCUT2D eigenvalue weighted by Gasteiger charge is 2.20. The molecule has 0 unspecified atom stereocenters. The number of hydrogen-bond donors (Lipinski definition) is 2. The van der Waals surface area contributed by atoms with Crippen LogP contribution in [0, 0.1) is 0 Å². The number of benzene rings is 1. The second-order valence-corrected chi connectivity index (χ2v) is 3.61. The Morgan fingerprint density at radius 1 is 1.35 bits per heavy atom. The number of nitrogens with one attached hydrogen (secondary N) is 1. The van der Waals surface area contributed by atoms with Crippen molar-refractivity contribution in [3.8, 4) is 0 Å². The van der Waals surface area contributed by atoms with Crippen LogP contribution in [0.4, 0.5) is 0 Å². The predicted octanol–water partition coefficient (Wildman–Crippen LogP) is 0.193. The van der Waals surface area contributed by atoms with Crippen molar-refractivity contribution in [2.45, 2.75) is 19.0 Å². The number of esters is 1. The summed E-state index contributed by atoms with van der Waals surface area (Å²) in [6, 6.07) is 8.86. The molecule has 1 atom stereocenters. The summed E-state index contributed by atoms with van der Waals surface area (Å²) in [7, 11) is 1.28. The first-order valence-electron chi connectivity index (χ1n) is 5.27. The largest absolute Gasteiger partial charge is 0.468 e. The zero-order valence-corrected chi connectivity index (χ0v) is 9.68. The molecule has 92 valence electrons. The Morgan fingerprint density at radius 3 is 2.53 bits per heavy atom. The van der Waals surface area contributed by atoms with Crippen LogP contribution >= 0.6 is 0 Å². The van der Waals surface area contributed by atoms with Gasteiger partial charge in [-0.1, -0.05) is 30.3 Å².